The van der Waals surface area contributed by atoms with Gasteiger partial charge < -0.3 is 29.5 Å². The van der Waals surface area contributed by atoms with Gasteiger partial charge in [-0.25, -0.2) is 0 Å². The second-order valence-corrected chi connectivity index (χ2v) is 7.84. The fourth-order valence-corrected chi connectivity index (χ4v) is 4.06. The first-order valence-electron chi connectivity index (χ1n) is 10.1. The summed E-state index contributed by atoms with van der Waals surface area (Å²) in [5.41, 5.74) is 2.45. The molecule has 164 valence electrons. The number of aliphatic hydroxyl groups is 3. The Morgan fingerprint density at radius 1 is 1.17 bits per heavy atom. The Morgan fingerprint density at radius 2 is 1.90 bits per heavy atom. The van der Waals surface area contributed by atoms with Crippen LogP contribution in [0.25, 0.3) is 0 Å². The second-order valence-electron chi connectivity index (χ2n) is 7.43. The third kappa shape index (κ3) is 4.80. The predicted octanol–water partition coefficient (Wildman–Crippen LogP) is 3.02. The minimum atomic E-state index is -1.55. The lowest BCUT2D eigenvalue weighted by Gasteiger charge is -2.46. The number of halogens is 1. The molecule has 3 N–H and O–H groups in total. The SMILES string of the molecule is CCOc1ccc(Cc2cc(C3(OC)O[C@H](CCO)C[C@H](O)[C@H]3O)ccc2Cl)cc1. The van der Waals surface area contributed by atoms with Crippen molar-refractivity contribution in [2.45, 2.75) is 50.3 Å². The summed E-state index contributed by atoms with van der Waals surface area (Å²) in [6.45, 7) is 2.46. The van der Waals surface area contributed by atoms with Crippen molar-refractivity contribution in [2.75, 3.05) is 20.3 Å². The van der Waals surface area contributed by atoms with Crippen LogP contribution in [0, 0.1) is 0 Å². The Hall–Kier alpha value is -1.67. The number of benzene rings is 2. The highest BCUT2D eigenvalue weighted by molar-refractivity contribution is 6.31. The third-order valence-corrected chi connectivity index (χ3v) is 5.80. The van der Waals surface area contributed by atoms with E-state index in [0.29, 0.717) is 30.0 Å². The molecule has 1 fully saturated rings. The topological polar surface area (TPSA) is 88.4 Å². The van der Waals surface area contributed by atoms with Gasteiger partial charge in [0.2, 0.25) is 5.79 Å². The fraction of sp³-hybridized carbons (Fsp3) is 0.478. The molecule has 0 spiro atoms. The quantitative estimate of drug-likeness (QED) is 0.589. The van der Waals surface area contributed by atoms with Crippen LogP contribution >= 0.6 is 11.6 Å². The lowest BCUT2D eigenvalue weighted by atomic mass is 9.87. The molecule has 1 heterocycles. The molecule has 7 heteroatoms. The van der Waals surface area contributed by atoms with Crippen molar-refractivity contribution < 1.29 is 29.5 Å². The van der Waals surface area contributed by atoms with Crippen molar-refractivity contribution in [3.05, 3.63) is 64.2 Å². The van der Waals surface area contributed by atoms with Gasteiger partial charge in [-0.1, -0.05) is 29.8 Å². The molecule has 30 heavy (non-hydrogen) atoms. The molecule has 6 nitrogen and oxygen atoms in total. The van der Waals surface area contributed by atoms with E-state index < -0.39 is 24.1 Å². The van der Waals surface area contributed by atoms with Crippen LogP contribution in [0.3, 0.4) is 0 Å². The highest BCUT2D eigenvalue weighted by atomic mass is 35.5. The normalized spacial score (nSPS) is 26.5. The van der Waals surface area contributed by atoms with Crippen molar-refractivity contribution in [1.82, 2.24) is 0 Å². The van der Waals surface area contributed by atoms with Gasteiger partial charge in [0, 0.05) is 30.7 Å². The first-order chi connectivity index (χ1) is 14.4. The van der Waals surface area contributed by atoms with E-state index in [-0.39, 0.29) is 13.0 Å². The van der Waals surface area contributed by atoms with Crippen LogP contribution in [0.15, 0.2) is 42.5 Å². The van der Waals surface area contributed by atoms with Gasteiger partial charge in [-0.05, 0) is 55.2 Å². The zero-order valence-corrected chi connectivity index (χ0v) is 18.0. The molecular formula is C23H29ClO6. The Labute approximate surface area is 182 Å². The Kier molecular flexibility index (Phi) is 7.74. The molecule has 0 bridgehead atoms. The van der Waals surface area contributed by atoms with E-state index in [4.69, 9.17) is 25.8 Å². The first kappa shape index (κ1) is 23.0. The summed E-state index contributed by atoms with van der Waals surface area (Å²) in [6.07, 6.45) is -1.64. The molecule has 3 rings (SSSR count). The standard InChI is InChI=1S/C23H29ClO6/c1-3-29-18-7-4-15(5-8-18)12-16-13-17(6-9-20(16)24)23(28-2)22(27)21(26)14-19(30-23)10-11-25/h4-9,13,19,21-22,25-27H,3,10-12,14H2,1-2H3/t19-,21+,22-,23?/m1/s1. The second kappa shape index (κ2) is 10.1. The average molecular weight is 437 g/mol. The predicted molar refractivity (Wildman–Crippen MR) is 114 cm³/mol. The van der Waals surface area contributed by atoms with Crippen LogP contribution in [0.1, 0.15) is 36.5 Å². The summed E-state index contributed by atoms with van der Waals surface area (Å²) in [6, 6.07) is 13.1. The number of methoxy groups -OCH3 is 1. The van der Waals surface area contributed by atoms with Gasteiger partial charge >= 0.3 is 0 Å². The summed E-state index contributed by atoms with van der Waals surface area (Å²) in [5, 5.41) is 31.0. The van der Waals surface area contributed by atoms with E-state index in [9.17, 15) is 15.3 Å². The Morgan fingerprint density at radius 3 is 2.53 bits per heavy atom. The number of hydrogen-bond acceptors (Lipinski definition) is 6. The van der Waals surface area contributed by atoms with Crippen LogP contribution in [0.2, 0.25) is 5.02 Å². The van der Waals surface area contributed by atoms with E-state index in [1.807, 2.05) is 37.3 Å². The van der Waals surface area contributed by atoms with Crippen molar-refractivity contribution in [2.24, 2.45) is 0 Å². The molecule has 2 aromatic rings. The van der Waals surface area contributed by atoms with Crippen molar-refractivity contribution >= 4 is 11.6 Å². The first-order valence-corrected chi connectivity index (χ1v) is 10.5. The van der Waals surface area contributed by atoms with Crippen molar-refractivity contribution in [1.29, 1.82) is 0 Å². The number of hydrogen-bond donors (Lipinski definition) is 3. The maximum Gasteiger partial charge on any atom is 0.224 e. The molecule has 1 aliphatic rings. The molecule has 4 atom stereocenters. The van der Waals surface area contributed by atoms with Crippen molar-refractivity contribution in [3.8, 4) is 5.75 Å². The highest BCUT2D eigenvalue weighted by Crippen LogP contribution is 2.41. The van der Waals surface area contributed by atoms with Gasteiger partial charge in [0.15, 0.2) is 0 Å². The van der Waals surface area contributed by atoms with Crippen LogP contribution < -0.4 is 4.74 Å². The molecule has 1 unspecified atom stereocenters. The highest BCUT2D eigenvalue weighted by Gasteiger charge is 2.51. The number of rotatable bonds is 8. The van der Waals surface area contributed by atoms with Gasteiger partial charge in [0.25, 0.3) is 0 Å². The van der Waals surface area contributed by atoms with Gasteiger partial charge in [-0.2, -0.15) is 0 Å². The zero-order valence-electron chi connectivity index (χ0n) is 17.3. The van der Waals surface area contributed by atoms with Gasteiger partial charge in [-0.15, -0.1) is 0 Å². The van der Waals surface area contributed by atoms with Crippen molar-refractivity contribution in [3.63, 3.8) is 0 Å². The Balaban J connectivity index is 1.91. The van der Waals surface area contributed by atoms with Gasteiger partial charge in [0.1, 0.15) is 11.9 Å². The molecular weight excluding hydrogens is 408 g/mol. The van der Waals surface area contributed by atoms with Gasteiger partial charge in [0.05, 0.1) is 18.8 Å². The van der Waals surface area contributed by atoms with Crippen LogP contribution in [0.5, 0.6) is 5.75 Å². The minimum Gasteiger partial charge on any atom is -0.494 e. The van der Waals surface area contributed by atoms with E-state index in [1.165, 1.54) is 7.11 Å². The number of ether oxygens (including phenoxy) is 3. The summed E-state index contributed by atoms with van der Waals surface area (Å²) in [5.74, 6) is -0.738. The molecule has 1 saturated heterocycles. The maximum atomic E-state index is 10.7. The van der Waals surface area contributed by atoms with E-state index in [1.54, 1.807) is 12.1 Å². The summed E-state index contributed by atoms with van der Waals surface area (Å²) >= 11 is 6.45. The van der Waals surface area contributed by atoms with E-state index >= 15 is 0 Å². The molecule has 2 aromatic carbocycles. The van der Waals surface area contributed by atoms with E-state index in [0.717, 1.165) is 16.9 Å². The molecule has 0 saturated carbocycles. The Bertz CT molecular complexity index is 827. The monoisotopic (exact) mass is 436 g/mol. The zero-order chi connectivity index (χ0) is 21.7. The molecule has 1 aliphatic heterocycles. The minimum absolute atomic E-state index is 0.0864. The van der Waals surface area contributed by atoms with Crippen LogP contribution in [-0.4, -0.2) is 54.0 Å². The summed E-state index contributed by atoms with van der Waals surface area (Å²) in [7, 11) is 1.43. The molecule has 0 aliphatic carbocycles. The largest absolute Gasteiger partial charge is 0.494 e. The van der Waals surface area contributed by atoms with Crippen LogP contribution in [-0.2, 0) is 21.7 Å². The van der Waals surface area contributed by atoms with E-state index in [2.05, 4.69) is 0 Å². The molecule has 0 radical (unpaired) electrons. The summed E-state index contributed by atoms with van der Waals surface area (Å²) < 4.78 is 17.2. The maximum absolute atomic E-state index is 10.7. The van der Waals surface area contributed by atoms with Gasteiger partial charge in [-0.3, -0.25) is 0 Å². The lowest BCUT2D eigenvalue weighted by Crippen LogP contribution is -2.57. The lowest BCUT2D eigenvalue weighted by molar-refractivity contribution is -0.343. The van der Waals surface area contributed by atoms with Crippen LogP contribution in [0.4, 0.5) is 0 Å². The molecule has 0 aromatic heterocycles. The molecule has 0 amide bonds. The average Bonchev–Trinajstić information content (AvgIpc) is 2.74. The fourth-order valence-electron chi connectivity index (χ4n) is 3.88. The number of aliphatic hydroxyl groups excluding tert-OH is 3. The summed E-state index contributed by atoms with van der Waals surface area (Å²) in [4.78, 5) is 0. The smallest absolute Gasteiger partial charge is 0.224 e. The third-order valence-electron chi connectivity index (χ3n) is 5.43.